The highest BCUT2D eigenvalue weighted by Crippen LogP contribution is 2.27. The molecule has 16 heavy (non-hydrogen) atoms. The fourth-order valence-electron chi connectivity index (χ4n) is 1.54. The molecule has 2 rings (SSSR count). The number of aromatic amines is 1. The highest BCUT2D eigenvalue weighted by Gasteiger charge is 2.17. The predicted molar refractivity (Wildman–Crippen MR) is 59.3 cm³/mol. The van der Waals surface area contributed by atoms with Crippen molar-refractivity contribution in [2.75, 3.05) is 6.26 Å². The van der Waals surface area contributed by atoms with Gasteiger partial charge in [0, 0.05) is 18.0 Å². The first-order chi connectivity index (χ1) is 7.50. The van der Waals surface area contributed by atoms with Crippen molar-refractivity contribution in [1.82, 2.24) is 4.98 Å². The first-order valence-electron chi connectivity index (χ1n) is 4.62. The van der Waals surface area contributed by atoms with Crippen LogP contribution in [0.4, 0.5) is 4.39 Å². The summed E-state index contributed by atoms with van der Waals surface area (Å²) in [5.41, 5.74) is 0.550. The van der Waals surface area contributed by atoms with Crippen LogP contribution < -0.4 is 0 Å². The van der Waals surface area contributed by atoms with Crippen molar-refractivity contribution in [2.24, 2.45) is 0 Å². The van der Waals surface area contributed by atoms with Gasteiger partial charge in [0.1, 0.15) is 5.82 Å². The Bertz CT molecular complexity index is 616. The van der Waals surface area contributed by atoms with Crippen LogP contribution in [0.25, 0.3) is 11.3 Å². The van der Waals surface area contributed by atoms with E-state index < -0.39 is 15.7 Å². The number of nitrogens with one attached hydrogen (secondary N) is 1. The van der Waals surface area contributed by atoms with Crippen molar-refractivity contribution in [2.45, 2.75) is 4.90 Å². The molecular formula is C11H10FNO2S. The Labute approximate surface area is 92.9 Å². The van der Waals surface area contributed by atoms with E-state index in [0.717, 1.165) is 6.26 Å². The Morgan fingerprint density at radius 1 is 1.19 bits per heavy atom. The summed E-state index contributed by atoms with van der Waals surface area (Å²) in [6, 6.07) is 7.47. The zero-order chi connectivity index (χ0) is 11.8. The zero-order valence-corrected chi connectivity index (χ0v) is 9.38. The molecule has 0 radical (unpaired) electrons. The minimum absolute atomic E-state index is 0.109. The van der Waals surface area contributed by atoms with Gasteiger partial charge in [-0.2, -0.15) is 0 Å². The van der Waals surface area contributed by atoms with Crippen molar-refractivity contribution >= 4 is 9.84 Å². The van der Waals surface area contributed by atoms with E-state index in [1.165, 1.54) is 24.4 Å². The molecule has 0 saturated heterocycles. The van der Waals surface area contributed by atoms with E-state index in [1.54, 1.807) is 12.1 Å². The molecule has 0 spiro atoms. The quantitative estimate of drug-likeness (QED) is 0.873. The summed E-state index contributed by atoms with van der Waals surface area (Å²) in [7, 11) is -3.35. The lowest BCUT2D eigenvalue weighted by atomic mass is 10.1. The van der Waals surface area contributed by atoms with Crippen LogP contribution in [0.15, 0.2) is 41.4 Å². The van der Waals surface area contributed by atoms with Crippen LogP contribution in [0.5, 0.6) is 0 Å². The van der Waals surface area contributed by atoms with Crippen molar-refractivity contribution in [3.8, 4) is 11.3 Å². The molecule has 1 heterocycles. The summed E-state index contributed by atoms with van der Waals surface area (Å²) in [6.07, 6.45) is 2.58. The summed E-state index contributed by atoms with van der Waals surface area (Å²) in [5, 5.41) is 0. The van der Waals surface area contributed by atoms with Gasteiger partial charge in [-0.15, -0.1) is 0 Å². The number of hydrogen-bond acceptors (Lipinski definition) is 2. The van der Waals surface area contributed by atoms with Gasteiger partial charge < -0.3 is 4.98 Å². The van der Waals surface area contributed by atoms with Gasteiger partial charge in [-0.1, -0.05) is 12.1 Å². The number of halogens is 1. The van der Waals surface area contributed by atoms with Gasteiger partial charge in [-0.05, 0) is 18.2 Å². The fourth-order valence-corrected chi connectivity index (χ4v) is 2.39. The molecule has 0 amide bonds. The van der Waals surface area contributed by atoms with E-state index in [9.17, 15) is 12.8 Å². The second-order valence-electron chi connectivity index (χ2n) is 3.47. The minimum atomic E-state index is -3.35. The average Bonchev–Trinajstić information content (AvgIpc) is 2.66. The molecule has 0 atom stereocenters. The summed E-state index contributed by atoms with van der Waals surface area (Å²) >= 11 is 0. The zero-order valence-electron chi connectivity index (χ0n) is 8.57. The third-order valence-electron chi connectivity index (χ3n) is 2.25. The molecule has 0 aliphatic heterocycles. The maximum atomic E-state index is 13.5. The van der Waals surface area contributed by atoms with Crippen molar-refractivity contribution < 1.29 is 12.8 Å². The van der Waals surface area contributed by atoms with Crippen LogP contribution in [0.2, 0.25) is 0 Å². The Morgan fingerprint density at radius 3 is 2.50 bits per heavy atom. The summed E-state index contributed by atoms with van der Waals surface area (Å²) in [4.78, 5) is 2.86. The number of rotatable bonds is 2. The summed E-state index contributed by atoms with van der Waals surface area (Å²) in [5.74, 6) is -0.449. The molecule has 0 bridgehead atoms. The lowest BCUT2D eigenvalue weighted by molar-refractivity contribution is 0.602. The van der Waals surface area contributed by atoms with Gasteiger partial charge in [0.15, 0.2) is 9.84 Å². The van der Waals surface area contributed by atoms with Gasteiger partial charge in [-0.25, -0.2) is 12.8 Å². The summed E-state index contributed by atoms with van der Waals surface area (Å²) in [6.45, 7) is 0. The second kappa shape index (κ2) is 3.75. The van der Waals surface area contributed by atoms with Crippen molar-refractivity contribution in [3.05, 3.63) is 42.3 Å². The molecule has 1 aromatic carbocycles. The first-order valence-corrected chi connectivity index (χ1v) is 6.51. The third kappa shape index (κ3) is 1.86. The van der Waals surface area contributed by atoms with Crippen LogP contribution in [-0.4, -0.2) is 19.7 Å². The number of benzene rings is 1. The Kier molecular flexibility index (Phi) is 2.55. The minimum Gasteiger partial charge on any atom is -0.360 e. The van der Waals surface area contributed by atoms with E-state index in [2.05, 4.69) is 4.98 Å². The van der Waals surface area contributed by atoms with E-state index >= 15 is 0 Å². The fraction of sp³-hybridized carbons (Fsp3) is 0.0909. The van der Waals surface area contributed by atoms with Crippen LogP contribution in [0, 0.1) is 5.82 Å². The molecule has 2 aromatic rings. The molecule has 0 aliphatic carbocycles. The van der Waals surface area contributed by atoms with Crippen molar-refractivity contribution in [3.63, 3.8) is 0 Å². The molecule has 0 saturated carbocycles. The van der Waals surface area contributed by atoms with Gasteiger partial charge in [-0.3, -0.25) is 0 Å². The highest BCUT2D eigenvalue weighted by molar-refractivity contribution is 7.90. The number of aromatic nitrogens is 1. The topological polar surface area (TPSA) is 49.9 Å². The molecule has 1 N–H and O–H groups in total. The highest BCUT2D eigenvalue weighted by atomic mass is 32.2. The smallest absolute Gasteiger partial charge is 0.177 e. The van der Waals surface area contributed by atoms with Gasteiger partial charge in [0.25, 0.3) is 0 Å². The lowest BCUT2D eigenvalue weighted by Gasteiger charge is -2.03. The molecule has 3 nitrogen and oxygen atoms in total. The SMILES string of the molecule is CS(=O)(=O)c1cc[nH]c1-c1ccccc1F. The number of hydrogen-bond donors (Lipinski definition) is 1. The average molecular weight is 239 g/mol. The van der Waals surface area contributed by atoms with E-state index in [4.69, 9.17) is 0 Å². The van der Waals surface area contributed by atoms with E-state index in [1.807, 2.05) is 0 Å². The lowest BCUT2D eigenvalue weighted by Crippen LogP contribution is -1.98. The molecule has 1 aromatic heterocycles. The molecule has 84 valence electrons. The maximum Gasteiger partial charge on any atom is 0.177 e. The van der Waals surface area contributed by atoms with Gasteiger partial charge in [0.2, 0.25) is 0 Å². The maximum absolute atomic E-state index is 13.5. The predicted octanol–water partition coefficient (Wildman–Crippen LogP) is 2.22. The van der Waals surface area contributed by atoms with Crippen LogP contribution in [0.1, 0.15) is 0 Å². The molecule has 0 fully saturated rings. The number of H-pyrrole nitrogens is 1. The van der Waals surface area contributed by atoms with Crippen LogP contribution >= 0.6 is 0 Å². The summed E-state index contributed by atoms with van der Waals surface area (Å²) < 4.78 is 36.4. The Hall–Kier alpha value is -1.62. The van der Waals surface area contributed by atoms with Gasteiger partial charge >= 0.3 is 0 Å². The monoisotopic (exact) mass is 239 g/mol. The van der Waals surface area contributed by atoms with Crippen LogP contribution in [-0.2, 0) is 9.84 Å². The molecule has 0 unspecified atom stereocenters. The largest absolute Gasteiger partial charge is 0.360 e. The van der Waals surface area contributed by atoms with E-state index in [0.29, 0.717) is 5.69 Å². The Balaban J connectivity index is 2.68. The standard InChI is InChI=1S/C11H10FNO2S/c1-16(14,15)10-6-7-13-11(10)8-4-2-3-5-9(8)12/h2-7,13H,1H3. The van der Waals surface area contributed by atoms with Crippen molar-refractivity contribution in [1.29, 1.82) is 0 Å². The number of sulfone groups is 1. The molecule has 0 aliphatic rings. The van der Waals surface area contributed by atoms with E-state index in [-0.39, 0.29) is 10.5 Å². The first kappa shape index (κ1) is 10.9. The molecule has 5 heteroatoms. The third-order valence-corrected chi connectivity index (χ3v) is 3.39. The van der Waals surface area contributed by atoms with Crippen LogP contribution in [0.3, 0.4) is 0 Å². The second-order valence-corrected chi connectivity index (χ2v) is 5.45. The molecular weight excluding hydrogens is 229 g/mol. The van der Waals surface area contributed by atoms with Gasteiger partial charge in [0.05, 0.1) is 10.6 Å². The normalized spacial score (nSPS) is 11.6. The Morgan fingerprint density at radius 2 is 1.88 bits per heavy atom.